The van der Waals surface area contributed by atoms with Gasteiger partial charge in [0.2, 0.25) is 0 Å². The minimum absolute atomic E-state index is 0.101. The second-order valence-electron chi connectivity index (χ2n) is 13.2. The summed E-state index contributed by atoms with van der Waals surface area (Å²) in [6.07, 6.45) is 5.71. The first-order valence-electron chi connectivity index (χ1n) is 12.7. The number of hydrogen-bond acceptors (Lipinski definition) is 3. The monoisotopic (exact) mass is 494 g/mol. The van der Waals surface area contributed by atoms with Gasteiger partial charge in [-0.3, -0.25) is 4.79 Å². The van der Waals surface area contributed by atoms with Crippen LogP contribution in [0.2, 0.25) is 36.3 Å². The molecule has 0 fully saturated rings. The predicted molar refractivity (Wildman–Crippen MR) is 149 cm³/mol. The van der Waals surface area contributed by atoms with E-state index in [1.165, 1.54) is 27.5 Å². The molecule has 2 aromatic rings. The number of carbonyl (C=O) groups is 1. The molecule has 2 aliphatic rings. The molecule has 0 saturated carbocycles. The van der Waals surface area contributed by atoms with E-state index in [9.17, 15) is 4.79 Å². The van der Waals surface area contributed by atoms with Crippen molar-refractivity contribution < 1.29 is 13.6 Å². The van der Waals surface area contributed by atoms with Crippen LogP contribution in [-0.4, -0.2) is 28.5 Å². The molecule has 0 amide bonds. The average Bonchev–Trinajstić information content (AvgIpc) is 3.08. The maximum Gasteiger partial charge on any atom is 0.193 e. The van der Waals surface area contributed by atoms with Gasteiger partial charge in [-0.1, -0.05) is 78.0 Å². The SMILES string of the molecule is CC(C)(C)[Si](C)(C)O[C@H]1C=Cc2c(ccc3c4c(ccc23)C(=O)CC4)[C@@H]1O[Si](C)(C)C(C)(C)C. The lowest BCUT2D eigenvalue weighted by molar-refractivity contribution is 0.0618. The van der Waals surface area contributed by atoms with E-state index < -0.39 is 16.6 Å². The molecule has 5 heteroatoms. The van der Waals surface area contributed by atoms with Gasteiger partial charge in [0.1, 0.15) is 0 Å². The third-order valence-corrected chi connectivity index (χ3v) is 17.7. The van der Waals surface area contributed by atoms with Gasteiger partial charge in [-0.25, -0.2) is 0 Å². The highest BCUT2D eigenvalue weighted by Gasteiger charge is 2.45. The predicted octanol–water partition coefficient (Wildman–Crippen LogP) is 8.45. The van der Waals surface area contributed by atoms with Crippen LogP contribution in [0.15, 0.2) is 30.3 Å². The summed E-state index contributed by atoms with van der Waals surface area (Å²) in [6.45, 7) is 23.1. The van der Waals surface area contributed by atoms with Crippen LogP contribution < -0.4 is 0 Å². The van der Waals surface area contributed by atoms with E-state index in [-0.39, 0.29) is 28.1 Å². The maximum atomic E-state index is 12.3. The third-order valence-electron chi connectivity index (χ3n) is 8.81. The average molecular weight is 495 g/mol. The number of carbonyl (C=O) groups excluding carboxylic acids is 1. The Morgan fingerprint density at radius 2 is 1.38 bits per heavy atom. The van der Waals surface area contributed by atoms with Crippen molar-refractivity contribution in [2.24, 2.45) is 0 Å². The number of Topliss-reactive ketones (excluding diaryl/α,β-unsaturated/α-hetero) is 1. The highest BCUT2D eigenvalue weighted by atomic mass is 28.4. The van der Waals surface area contributed by atoms with Crippen LogP contribution in [0.1, 0.15) is 81.1 Å². The van der Waals surface area contributed by atoms with Gasteiger partial charge in [0.05, 0.1) is 12.2 Å². The molecule has 0 spiro atoms. The molecular formula is C29H42O3Si2. The van der Waals surface area contributed by atoms with Crippen LogP contribution in [0.4, 0.5) is 0 Å². The van der Waals surface area contributed by atoms with Crippen molar-refractivity contribution in [1.82, 2.24) is 0 Å². The van der Waals surface area contributed by atoms with E-state index >= 15 is 0 Å². The van der Waals surface area contributed by atoms with Crippen molar-refractivity contribution in [1.29, 1.82) is 0 Å². The molecule has 0 radical (unpaired) electrons. The Morgan fingerprint density at radius 1 is 0.794 bits per heavy atom. The lowest BCUT2D eigenvalue weighted by Crippen LogP contribution is -2.49. The standard InChI is InChI=1S/C29H42O3Si2/c1-28(2,3)33(7,8)31-26-18-16-22-20-11-13-23-21(15-17-25(23)30)19(20)12-14-24(22)27(26)32-34(9,10)29(4,5)6/h11-14,16,18,26-27H,15,17H2,1-10H3/t26-,27-/m0/s1. The lowest BCUT2D eigenvalue weighted by atomic mass is 9.87. The fourth-order valence-electron chi connectivity index (χ4n) is 4.56. The summed E-state index contributed by atoms with van der Waals surface area (Å²) in [5.41, 5.74) is 4.55. The quantitative estimate of drug-likeness (QED) is 0.400. The number of aryl methyl sites for hydroxylation is 1. The Labute approximate surface area is 208 Å². The van der Waals surface area contributed by atoms with Crippen LogP contribution in [-0.2, 0) is 15.3 Å². The molecule has 2 aliphatic carbocycles. The molecule has 2 atom stereocenters. The van der Waals surface area contributed by atoms with Crippen LogP contribution in [0.5, 0.6) is 0 Å². The number of ketones is 1. The van der Waals surface area contributed by atoms with Gasteiger partial charge in [0, 0.05) is 12.0 Å². The van der Waals surface area contributed by atoms with Crippen molar-refractivity contribution in [2.45, 2.75) is 103 Å². The third kappa shape index (κ3) is 4.30. The summed E-state index contributed by atoms with van der Waals surface area (Å²) in [7, 11) is -4.07. The first kappa shape index (κ1) is 25.6. The summed E-state index contributed by atoms with van der Waals surface area (Å²) in [5.74, 6) is 0.270. The Bertz CT molecular complexity index is 1160. The molecule has 2 aromatic carbocycles. The van der Waals surface area contributed by atoms with Gasteiger partial charge < -0.3 is 8.85 Å². The minimum Gasteiger partial charge on any atom is -0.408 e. The number of benzene rings is 2. The van der Waals surface area contributed by atoms with Gasteiger partial charge >= 0.3 is 0 Å². The number of hydrogen-bond donors (Lipinski definition) is 0. The smallest absolute Gasteiger partial charge is 0.193 e. The van der Waals surface area contributed by atoms with Gasteiger partial charge in [-0.15, -0.1) is 0 Å². The fraction of sp³-hybridized carbons (Fsp3) is 0.552. The Kier molecular flexibility index (Phi) is 6.21. The summed E-state index contributed by atoms with van der Waals surface area (Å²) in [6, 6.07) is 8.63. The van der Waals surface area contributed by atoms with Crippen LogP contribution in [0.25, 0.3) is 16.8 Å². The van der Waals surface area contributed by atoms with Crippen LogP contribution in [0, 0.1) is 0 Å². The molecule has 184 valence electrons. The van der Waals surface area contributed by atoms with Gasteiger partial charge in [-0.05, 0) is 70.1 Å². The van der Waals surface area contributed by atoms with Crippen molar-refractivity contribution in [2.75, 3.05) is 0 Å². The zero-order chi connectivity index (χ0) is 25.3. The van der Waals surface area contributed by atoms with Crippen molar-refractivity contribution in [3.63, 3.8) is 0 Å². The zero-order valence-corrected chi connectivity index (χ0v) is 24.8. The van der Waals surface area contributed by atoms with Gasteiger partial charge in [-0.2, -0.15) is 0 Å². The van der Waals surface area contributed by atoms with Crippen LogP contribution >= 0.6 is 0 Å². The van der Waals surface area contributed by atoms with Crippen molar-refractivity contribution in [3.8, 4) is 0 Å². The summed E-state index contributed by atoms with van der Waals surface area (Å²) in [5, 5.41) is 2.66. The topological polar surface area (TPSA) is 35.5 Å². The molecule has 0 N–H and O–H groups in total. The largest absolute Gasteiger partial charge is 0.408 e. The number of fused-ring (bicyclic) bond motifs is 5. The van der Waals surface area contributed by atoms with E-state index in [0.717, 1.165) is 12.0 Å². The zero-order valence-electron chi connectivity index (χ0n) is 22.8. The van der Waals surface area contributed by atoms with E-state index in [4.69, 9.17) is 8.85 Å². The highest BCUT2D eigenvalue weighted by Crippen LogP contribution is 2.47. The summed E-state index contributed by atoms with van der Waals surface area (Å²) >= 11 is 0. The molecule has 0 heterocycles. The first-order valence-corrected chi connectivity index (χ1v) is 18.5. The molecular weight excluding hydrogens is 452 g/mol. The maximum absolute atomic E-state index is 12.3. The van der Waals surface area contributed by atoms with E-state index in [1.807, 2.05) is 6.07 Å². The molecule has 4 rings (SSSR count). The lowest BCUT2D eigenvalue weighted by Gasteiger charge is -2.45. The minimum atomic E-state index is -2.06. The van der Waals surface area contributed by atoms with Gasteiger partial charge in [0.25, 0.3) is 0 Å². The molecule has 0 bridgehead atoms. The second-order valence-corrected chi connectivity index (χ2v) is 22.7. The Balaban J connectivity index is 1.84. The summed E-state index contributed by atoms with van der Waals surface area (Å²) < 4.78 is 14.1. The number of rotatable bonds is 4. The fourth-order valence-corrected chi connectivity index (χ4v) is 7.04. The normalized spacial score (nSPS) is 21.2. The van der Waals surface area contributed by atoms with Crippen LogP contribution in [0.3, 0.4) is 0 Å². The van der Waals surface area contributed by atoms with Crippen molar-refractivity contribution in [3.05, 3.63) is 52.6 Å². The molecule has 0 aliphatic heterocycles. The molecule has 0 saturated heterocycles. The Morgan fingerprint density at radius 3 is 2.00 bits per heavy atom. The first-order chi connectivity index (χ1) is 15.5. The molecule has 0 unspecified atom stereocenters. The van der Waals surface area contributed by atoms with E-state index in [2.05, 4.69) is 98.1 Å². The second kappa shape index (κ2) is 8.26. The van der Waals surface area contributed by atoms with Gasteiger partial charge in [0.15, 0.2) is 22.4 Å². The molecule has 0 aromatic heterocycles. The van der Waals surface area contributed by atoms with Crippen molar-refractivity contribution >= 4 is 39.3 Å². The highest BCUT2D eigenvalue weighted by molar-refractivity contribution is 6.74. The van der Waals surface area contributed by atoms with E-state index in [0.29, 0.717) is 6.42 Å². The summed E-state index contributed by atoms with van der Waals surface area (Å²) in [4.78, 5) is 12.3. The molecule has 3 nitrogen and oxygen atoms in total. The molecule has 34 heavy (non-hydrogen) atoms. The van der Waals surface area contributed by atoms with E-state index in [1.54, 1.807) is 0 Å². The Hall–Kier alpha value is -1.54.